The SMILES string of the molecule is COc1cc(F)ccc1-c1c(-c2ccccc2)ncn1C1CCS(=O)(=O)C1. The monoisotopic (exact) mass is 386 g/mol. The molecule has 0 aliphatic carbocycles. The molecule has 2 heterocycles. The summed E-state index contributed by atoms with van der Waals surface area (Å²) >= 11 is 0. The highest BCUT2D eigenvalue weighted by Gasteiger charge is 2.32. The molecule has 2 aromatic carbocycles. The molecule has 1 atom stereocenters. The van der Waals surface area contributed by atoms with Gasteiger partial charge in [0.1, 0.15) is 11.6 Å². The number of nitrogens with zero attached hydrogens (tertiary/aromatic N) is 2. The molecule has 1 aliphatic rings. The van der Waals surface area contributed by atoms with E-state index < -0.39 is 15.7 Å². The van der Waals surface area contributed by atoms with Gasteiger partial charge in [-0.25, -0.2) is 17.8 Å². The number of halogens is 1. The van der Waals surface area contributed by atoms with Crippen LogP contribution in [0.1, 0.15) is 12.5 Å². The number of hydrogen-bond donors (Lipinski definition) is 0. The van der Waals surface area contributed by atoms with Gasteiger partial charge in [0.15, 0.2) is 9.84 Å². The van der Waals surface area contributed by atoms with Crippen LogP contribution in [0.3, 0.4) is 0 Å². The van der Waals surface area contributed by atoms with Crippen molar-refractivity contribution in [1.82, 2.24) is 9.55 Å². The van der Waals surface area contributed by atoms with E-state index in [1.807, 2.05) is 34.9 Å². The van der Waals surface area contributed by atoms with Crippen molar-refractivity contribution in [2.24, 2.45) is 0 Å². The summed E-state index contributed by atoms with van der Waals surface area (Å²) < 4.78 is 45.0. The Labute approximate surface area is 157 Å². The Morgan fingerprint density at radius 2 is 1.96 bits per heavy atom. The maximum atomic E-state index is 13.7. The third-order valence-electron chi connectivity index (χ3n) is 4.86. The molecular weight excluding hydrogens is 367 g/mol. The minimum absolute atomic E-state index is 0.0775. The smallest absolute Gasteiger partial charge is 0.152 e. The lowest BCUT2D eigenvalue weighted by Gasteiger charge is -2.17. The third-order valence-corrected chi connectivity index (χ3v) is 6.61. The predicted molar refractivity (Wildman–Crippen MR) is 102 cm³/mol. The zero-order valence-electron chi connectivity index (χ0n) is 14.8. The number of benzene rings is 2. The van der Waals surface area contributed by atoms with E-state index in [0.29, 0.717) is 23.4 Å². The zero-order chi connectivity index (χ0) is 19.0. The summed E-state index contributed by atoms with van der Waals surface area (Å²) in [5.74, 6) is 0.228. The molecule has 3 aromatic rings. The number of ether oxygens (including phenoxy) is 1. The highest BCUT2D eigenvalue weighted by Crippen LogP contribution is 2.40. The van der Waals surface area contributed by atoms with Crippen LogP contribution < -0.4 is 4.74 Å². The molecule has 0 N–H and O–H groups in total. The standard InChI is InChI=1S/C20H19FN2O3S/c1-26-18-11-15(21)7-8-17(18)20-19(14-5-3-2-4-6-14)22-13-23(20)16-9-10-27(24,25)12-16/h2-8,11,13,16H,9-10,12H2,1H3. The van der Waals surface area contributed by atoms with Crippen molar-refractivity contribution in [2.75, 3.05) is 18.6 Å². The normalized spacial score (nSPS) is 18.5. The molecule has 4 rings (SSSR count). The largest absolute Gasteiger partial charge is 0.496 e. The first-order chi connectivity index (χ1) is 13.0. The first-order valence-corrected chi connectivity index (χ1v) is 10.5. The van der Waals surface area contributed by atoms with E-state index in [-0.39, 0.29) is 17.5 Å². The lowest BCUT2D eigenvalue weighted by molar-refractivity contribution is 0.412. The number of rotatable bonds is 4. The fraction of sp³-hybridized carbons (Fsp3) is 0.250. The van der Waals surface area contributed by atoms with Gasteiger partial charge in [-0.05, 0) is 18.6 Å². The highest BCUT2D eigenvalue weighted by molar-refractivity contribution is 7.91. The second-order valence-electron chi connectivity index (χ2n) is 6.62. The average molecular weight is 386 g/mol. The Kier molecular flexibility index (Phi) is 4.47. The fourth-order valence-corrected chi connectivity index (χ4v) is 5.28. The van der Waals surface area contributed by atoms with Gasteiger partial charge in [-0.3, -0.25) is 0 Å². The first kappa shape index (κ1) is 17.7. The third kappa shape index (κ3) is 3.35. The minimum Gasteiger partial charge on any atom is -0.496 e. The van der Waals surface area contributed by atoms with E-state index in [2.05, 4.69) is 4.98 Å². The van der Waals surface area contributed by atoms with Crippen molar-refractivity contribution in [2.45, 2.75) is 12.5 Å². The van der Waals surface area contributed by atoms with Crippen LogP contribution in [0.25, 0.3) is 22.5 Å². The van der Waals surface area contributed by atoms with Crippen LogP contribution in [0.4, 0.5) is 4.39 Å². The average Bonchev–Trinajstić information content (AvgIpc) is 3.25. The van der Waals surface area contributed by atoms with Crippen LogP contribution in [-0.4, -0.2) is 36.6 Å². The molecule has 7 heteroatoms. The van der Waals surface area contributed by atoms with Crippen LogP contribution in [0.15, 0.2) is 54.9 Å². The van der Waals surface area contributed by atoms with Crippen LogP contribution in [0, 0.1) is 5.82 Å². The van der Waals surface area contributed by atoms with Gasteiger partial charge in [-0.15, -0.1) is 0 Å². The maximum absolute atomic E-state index is 13.7. The van der Waals surface area contributed by atoms with Crippen LogP contribution in [-0.2, 0) is 9.84 Å². The van der Waals surface area contributed by atoms with Gasteiger partial charge in [0.05, 0.1) is 42.4 Å². The molecule has 1 fully saturated rings. The quantitative estimate of drug-likeness (QED) is 0.686. The van der Waals surface area contributed by atoms with Crippen molar-refractivity contribution >= 4 is 9.84 Å². The molecule has 1 unspecified atom stereocenters. The summed E-state index contributed by atoms with van der Waals surface area (Å²) in [6.07, 6.45) is 2.20. The van der Waals surface area contributed by atoms with E-state index in [1.54, 1.807) is 12.4 Å². The molecule has 1 saturated heterocycles. The summed E-state index contributed by atoms with van der Waals surface area (Å²) in [4.78, 5) is 4.57. The van der Waals surface area contributed by atoms with Crippen molar-refractivity contribution < 1.29 is 17.5 Å². The van der Waals surface area contributed by atoms with Gasteiger partial charge >= 0.3 is 0 Å². The Bertz CT molecular complexity index is 1080. The van der Waals surface area contributed by atoms with Crippen LogP contribution in [0.5, 0.6) is 5.75 Å². The molecule has 140 valence electrons. The van der Waals surface area contributed by atoms with Crippen molar-refractivity contribution in [3.63, 3.8) is 0 Å². The Morgan fingerprint density at radius 3 is 2.63 bits per heavy atom. The molecule has 1 aromatic heterocycles. The number of imidazole rings is 1. The maximum Gasteiger partial charge on any atom is 0.152 e. The molecule has 27 heavy (non-hydrogen) atoms. The number of hydrogen-bond acceptors (Lipinski definition) is 4. The number of sulfone groups is 1. The number of methoxy groups -OCH3 is 1. The molecule has 0 saturated carbocycles. The van der Waals surface area contributed by atoms with Gasteiger partial charge in [0.2, 0.25) is 0 Å². The van der Waals surface area contributed by atoms with Gasteiger partial charge in [0, 0.05) is 17.2 Å². The van der Waals surface area contributed by atoms with E-state index in [9.17, 15) is 12.8 Å². The second-order valence-corrected chi connectivity index (χ2v) is 8.85. The molecule has 5 nitrogen and oxygen atoms in total. The first-order valence-electron chi connectivity index (χ1n) is 8.65. The van der Waals surface area contributed by atoms with Gasteiger partial charge < -0.3 is 9.30 Å². The van der Waals surface area contributed by atoms with Gasteiger partial charge in [-0.1, -0.05) is 30.3 Å². The van der Waals surface area contributed by atoms with E-state index in [0.717, 1.165) is 11.3 Å². The fourth-order valence-electron chi connectivity index (χ4n) is 3.57. The van der Waals surface area contributed by atoms with Crippen LogP contribution in [0.2, 0.25) is 0 Å². The van der Waals surface area contributed by atoms with Crippen molar-refractivity contribution in [1.29, 1.82) is 0 Å². The predicted octanol–water partition coefficient (Wildman–Crippen LogP) is 3.72. The summed E-state index contributed by atoms with van der Waals surface area (Å²) in [5.41, 5.74) is 3.03. The molecule has 0 bridgehead atoms. The summed E-state index contributed by atoms with van der Waals surface area (Å²) in [6.45, 7) is 0. The lowest BCUT2D eigenvalue weighted by Crippen LogP contribution is -2.11. The second kappa shape index (κ2) is 6.81. The van der Waals surface area contributed by atoms with E-state index in [4.69, 9.17) is 4.74 Å². The highest BCUT2D eigenvalue weighted by atomic mass is 32.2. The molecule has 0 spiro atoms. The molecular formula is C20H19FN2O3S. The Balaban J connectivity index is 1.93. The minimum atomic E-state index is -3.06. The number of aromatic nitrogens is 2. The molecule has 0 amide bonds. The summed E-state index contributed by atoms with van der Waals surface area (Å²) in [5, 5.41) is 0. The lowest BCUT2D eigenvalue weighted by atomic mass is 10.0. The topological polar surface area (TPSA) is 61.2 Å². The van der Waals surface area contributed by atoms with Gasteiger partial charge in [0.25, 0.3) is 0 Å². The van der Waals surface area contributed by atoms with Gasteiger partial charge in [-0.2, -0.15) is 0 Å². The van der Waals surface area contributed by atoms with Crippen molar-refractivity contribution in [3.05, 3.63) is 60.7 Å². The summed E-state index contributed by atoms with van der Waals surface area (Å²) in [7, 11) is -1.57. The zero-order valence-corrected chi connectivity index (χ0v) is 15.6. The summed E-state index contributed by atoms with van der Waals surface area (Å²) in [6, 6.07) is 13.8. The van der Waals surface area contributed by atoms with Crippen molar-refractivity contribution in [3.8, 4) is 28.3 Å². The molecule has 1 aliphatic heterocycles. The van der Waals surface area contributed by atoms with E-state index >= 15 is 0 Å². The van der Waals surface area contributed by atoms with Crippen LogP contribution >= 0.6 is 0 Å². The molecule has 0 radical (unpaired) electrons. The Hall–Kier alpha value is -2.67. The van der Waals surface area contributed by atoms with E-state index in [1.165, 1.54) is 19.2 Å². The Morgan fingerprint density at radius 1 is 1.19 bits per heavy atom.